The van der Waals surface area contributed by atoms with Gasteiger partial charge in [-0.1, -0.05) is 31.2 Å². The van der Waals surface area contributed by atoms with Crippen LogP contribution in [0.2, 0.25) is 0 Å². The summed E-state index contributed by atoms with van der Waals surface area (Å²) in [4.78, 5) is 28.9. The number of carbonyl (C=O) groups excluding carboxylic acids is 1. The minimum Gasteiger partial charge on any atom is -0.364 e. The van der Waals surface area contributed by atoms with Crippen molar-refractivity contribution in [1.29, 1.82) is 0 Å². The third-order valence-corrected chi connectivity index (χ3v) is 5.42. The van der Waals surface area contributed by atoms with Gasteiger partial charge in [-0.05, 0) is 36.5 Å². The Morgan fingerprint density at radius 1 is 1.16 bits per heavy atom. The number of amides is 1. The third-order valence-electron chi connectivity index (χ3n) is 5.42. The van der Waals surface area contributed by atoms with E-state index in [1.807, 2.05) is 29.2 Å². The van der Waals surface area contributed by atoms with Crippen molar-refractivity contribution in [2.24, 2.45) is 11.8 Å². The van der Waals surface area contributed by atoms with E-state index in [2.05, 4.69) is 23.3 Å². The molecule has 2 aliphatic rings. The predicted molar refractivity (Wildman–Crippen MR) is 98.7 cm³/mol. The number of carbonyl (C=O) groups is 1. The molecule has 1 saturated carbocycles. The molecular formula is C20H23N3O2. The molecule has 1 aliphatic heterocycles. The number of benzene rings is 1. The van der Waals surface area contributed by atoms with Crippen LogP contribution in [0.25, 0.3) is 0 Å². The number of para-hydroxylation sites is 1. The van der Waals surface area contributed by atoms with Gasteiger partial charge in [-0.25, -0.2) is 0 Å². The molecule has 3 unspecified atom stereocenters. The number of fused-ring (bicyclic) bond motifs is 1. The van der Waals surface area contributed by atoms with Crippen LogP contribution in [0, 0.1) is 11.8 Å². The second kappa shape index (κ2) is 6.06. The number of H-pyrrole nitrogens is 1. The van der Waals surface area contributed by atoms with Gasteiger partial charge in [-0.15, -0.1) is 0 Å². The van der Waals surface area contributed by atoms with Crippen LogP contribution in [0.1, 0.15) is 38.3 Å². The molecule has 5 nitrogen and oxygen atoms in total. The Bertz CT molecular complexity index is 856. The fourth-order valence-corrected chi connectivity index (χ4v) is 4.21. The average Bonchev–Trinajstić information content (AvgIpc) is 3.41. The second-order valence-electron chi connectivity index (χ2n) is 7.19. The first-order valence-corrected chi connectivity index (χ1v) is 8.91. The molecule has 2 aromatic rings. The van der Waals surface area contributed by atoms with Crippen molar-refractivity contribution < 1.29 is 4.79 Å². The number of hydrogen-bond acceptors (Lipinski definition) is 3. The summed E-state index contributed by atoms with van der Waals surface area (Å²) < 4.78 is 0. The quantitative estimate of drug-likeness (QED) is 0.903. The lowest BCUT2D eigenvalue weighted by Crippen LogP contribution is -2.51. The highest BCUT2D eigenvalue weighted by Gasteiger charge is 2.47. The fourth-order valence-electron chi connectivity index (χ4n) is 4.21. The summed E-state index contributed by atoms with van der Waals surface area (Å²) in [6, 6.07) is 13.5. The number of pyridine rings is 1. The molecule has 2 heterocycles. The van der Waals surface area contributed by atoms with Gasteiger partial charge < -0.3 is 15.2 Å². The Kier molecular flexibility index (Phi) is 3.86. The molecule has 4 rings (SSSR count). The molecule has 1 fully saturated rings. The smallest absolute Gasteiger partial charge is 0.249 e. The van der Waals surface area contributed by atoms with Gasteiger partial charge in [0.05, 0.1) is 6.04 Å². The average molecular weight is 337 g/mol. The van der Waals surface area contributed by atoms with Crippen molar-refractivity contribution >= 4 is 17.4 Å². The molecule has 2 N–H and O–H groups in total. The summed E-state index contributed by atoms with van der Waals surface area (Å²) in [5.41, 5.74) is 1.97. The van der Waals surface area contributed by atoms with E-state index in [1.54, 1.807) is 13.0 Å². The van der Waals surface area contributed by atoms with Gasteiger partial charge in [0.15, 0.2) is 0 Å². The maximum absolute atomic E-state index is 12.4. The number of hydrogen-bond donors (Lipinski definition) is 2. The van der Waals surface area contributed by atoms with Gasteiger partial charge in [0.2, 0.25) is 11.5 Å². The van der Waals surface area contributed by atoms with E-state index >= 15 is 0 Å². The Morgan fingerprint density at radius 3 is 2.60 bits per heavy atom. The standard InChI is InChI=1S/C20H23N3O2/c1-12-19(22-17-8-5-9-18(25)21-17)15-6-3-4-7-16(15)23(13(2)24)20(12)14-10-11-14/h3-9,12,14,19-20H,10-11H2,1-2H3,(H2,21,22,25). The van der Waals surface area contributed by atoms with E-state index in [1.165, 1.54) is 18.9 Å². The zero-order chi connectivity index (χ0) is 17.6. The summed E-state index contributed by atoms with van der Waals surface area (Å²) >= 11 is 0. The van der Waals surface area contributed by atoms with E-state index in [0.717, 1.165) is 11.3 Å². The fraction of sp³-hybridized carbons (Fsp3) is 0.400. The Morgan fingerprint density at radius 2 is 1.92 bits per heavy atom. The Balaban J connectivity index is 1.78. The normalized spacial score (nSPS) is 25.4. The Labute approximate surface area is 147 Å². The molecule has 130 valence electrons. The van der Waals surface area contributed by atoms with Crippen LogP contribution in [0.5, 0.6) is 0 Å². The number of aromatic amines is 1. The summed E-state index contributed by atoms with van der Waals surface area (Å²) in [6.07, 6.45) is 2.35. The number of anilines is 2. The summed E-state index contributed by atoms with van der Waals surface area (Å²) in [5, 5.41) is 3.51. The number of aromatic nitrogens is 1. The van der Waals surface area contributed by atoms with Gasteiger partial charge in [-0.2, -0.15) is 0 Å². The van der Waals surface area contributed by atoms with Crippen LogP contribution in [-0.4, -0.2) is 16.9 Å². The zero-order valence-electron chi connectivity index (χ0n) is 14.5. The second-order valence-corrected chi connectivity index (χ2v) is 7.19. The predicted octanol–water partition coefficient (Wildman–Crippen LogP) is 3.31. The topological polar surface area (TPSA) is 65.2 Å². The molecule has 25 heavy (non-hydrogen) atoms. The van der Waals surface area contributed by atoms with Crippen molar-refractivity contribution in [3.05, 3.63) is 58.4 Å². The van der Waals surface area contributed by atoms with Crippen LogP contribution in [0.15, 0.2) is 47.3 Å². The first-order chi connectivity index (χ1) is 12.1. The maximum Gasteiger partial charge on any atom is 0.249 e. The minimum atomic E-state index is -0.120. The molecule has 1 aliphatic carbocycles. The molecule has 1 amide bonds. The van der Waals surface area contributed by atoms with E-state index in [9.17, 15) is 9.59 Å². The number of nitrogens with zero attached hydrogens (tertiary/aromatic N) is 1. The first kappa shape index (κ1) is 15.9. The minimum absolute atomic E-state index is 0.0513. The van der Waals surface area contributed by atoms with Crippen LogP contribution in [0.3, 0.4) is 0 Å². The zero-order valence-corrected chi connectivity index (χ0v) is 14.5. The summed E-state index contributed by atoms with van der Waals surface area (Å²) in [6.45, 7) is 3.86. The van der Waals surface area contributed by atoms with Crippen molar-refractivity contribution in [2.45, 2.75) is 38.8 Å². The van der Waals surface area contributed by atoms with Crippen molar-refractivity contribution in [1.82, 2.24) is 4.98 Å². The van der Waals surface area contributed by atoms with Crippen LogP contribution in [0.4, 0.5) is 11.5 Å². The van der Waals surface area contributed by atoms with Crippen LogP contribution < -0.4 is 15.8 Å². The lowest BCUT2D eigenvalue weighted by Gasteiger charge is -2.45. The van der Waals surface area contributed by atoms with Crippen molar-refractivity contribution in [3.8, 4) is 0 Å². The third kappa shape index (κ3) is 2.84. The SMILES string of the molecule is CC(=O)N1c2ccccc2C(Nc2cccc(=O)[nH]2)C(C)C1C1CC1. The van der Waals surface area contributed by atoms with Gasteiger partial charge >= 0.3 is 0 Å². The molecular weight excluding hydrogens is 314 g/mol. The number of nitrogens with one attached hydrogen (secondary N) is 2. The summed E-state index contributed by atoms with van der Waals surface area (Å²) in [5.74, 6) is 1.62. The molecule has 1 aromatic heterocycles. The molecule has 5 heteroatoms. The largest absolute Gasteiger partial charge is 0.364 e. The molecule has 0 saturated heterocycles. The van der Waals surface area contributed by atoms with Gasteiger partial charge in [-0.3, -0.25) is 9.59 Å². The Hall–Kier alpha value is -2.56. The van der Waals surface area contributed by atoms with Gasteiger partial charge in [0.1, 0.15) is 5.82 Å². The molecule has 0 radical (unpaired) electrons. The molecule has 1 aromatic carbocycles. The van der Waals surface area contributed by atoms with E-state index < -0.39 is 0 Å². The highest BCUT2D eigenvalue weighted by molar-refractivity contribution is 5.94. The highest BCUT2D eigenvalue weighted by Crippen LogP contribution is 2.49. The van der Waals surface area contributed by atoms with Crippen LogP contribution >= 0.6 is 0 Å². The summed E-state index contributed by atoms with van der Waals surface area (Å²) in [7, 11) is 0. The van der Waals surface area contributed by atoms with E-state index in [0.29, 0.717) is 11.7 Å². The van der Waals surface area contributed by atoms with E-state index in [4.69, 9.17) is 0 Å². The van der Waals surface area contributed by atoms with E-state index in [-0.39, 0.29) is 29.5 Å². The monoisotopic (exact) mass is 337 g/mol. The lowest BCUT2D eigenvalue weighted by atomic mass is 9.80. The van der Waals surface area contributed by atoms with Crippen molar-refractivity contribution in [2.75, 3.05) is 10.2 Å². The highest BCUT2D eigenvalue weighted by atomic mass is 16.2. The maximum atomic E-state index is 12.4. The lowest BCUT2D eigenvalue weighted by molar-refractivity contribution is -0.117. The molecule has 0 bridgehead atoms. The van der Waals surface area contributed by atoms with Crippen molar-refractivity contribution in [3.63, 3.8) is 0 Å². The van der Waals surface area contributed by atoms with Gasteiger partial charge in [0, 0.05) is 30.6 Å². The molecule has 0 spiro atoms. The van der Waals surface area contributed by atoms with Crippen LogP contribution in [-0.2, 0) is 4.79 Å². The molecule has 3 atom stereocenters. The number of rotatable bonds is 3. The van der Waals surface area contributed by atoms with Gasteiger partial charge in [0.25, 0.3) is 0 Å². The first-order valence-electron chi connectivity index (χ1n) is 8.91.